The van der Waals surface area contributed by atoms with E-state index in [4.69, 9.17) is 37.4 Å². The molecule has 2 aliphatic rings. The van der Waals surface area contributed by atoms with E-state index in [1.807, 2.05) is 118 Å². The first kappa shape index (κ1) is 44.2. The Morgan fingerprint density at radius 2 is 1.71 bits per heavy atom. The number of pyridine rings is 1. The van der Waals surface area contributed by atoms with E-state index in [0.717, 1.165) is 55.8 Å². The van der Waals surface area contributed by atoms with Gasteiger partial charge in [-0.15, -0.1) is 0 Å². The number of carboxylic acids is 1. The number of fused-ring (bicyclic) bond motifs is 2. The summed E-state index contributed by atoms with van der Waals surface area (Å²) < 4.78 is 18.9. The number of hydrogen-bond donors (Lipinski definition) is 2. The summed E-state index contributed by atoms with van der Waals surface area (Å²) in [6.45, 7) is 13.5. The number of hydrogen-bond acceptors (Lipinski definition) is 7. The van der Waals surface area contributed by atoms with Crippen LogP contribution in [-0.2, 0) is 35.6 Å². The van der Waals surface area contributed by atoms with Gasteiger partial charge in [-0.05, 0) is 126 Å². The van der Waals surface area contributed by atoms with Gasteiger partial charge in [0.15, 0.2) is 17.6 Å². The summed E-state index contributed by atoms with van der Waals surface area (Å²) in [6.07, 6.45) is 10.4. The Bertz CT molecular complexity index is 2500. The number of nitrogens with one attached hydrogen (secondary N) is 1. The van der Waals surface area contributed by atoms with Crippen LogP contribution in [0.15, 0.2) is 128 Å². The fourth-order valence-corrected chi connectivity index (χ4v) is 8.39. The van der Waals surface area contributed by atoms with Gasteiger partial charge >= 0.3 is 5.97 Å². The van der Waals surface area contributed by atoms with E-state index in [-0.39, 0.29) is 24.5 Å². The summed E-state index contributed by atoms with van der Waals surface area (Å²) in [6, 6.07) is 24.9. The minimum atomic E-state index is -1.14. The zero-order chi connectivity index (χ0) is 43.9. The fourth-order valence-electron chi connectivity index (χ4n) is 8.07. The number of halogens is 2. The van der Waals surface area contributed by atoms with E-state index in [1.165, 1.54) is 0 Å². The summed E-state index contributed by atoms with van der Waals surface area (Å²) in [5, 5.41) is 14.3. The molecule has 11 heteroatoms. The second-order valence-electron chi connectivity index (χ2n) is 15.7. The van der Waals surface area contributed by atoms with Gasteiger partial charge in [-0.3, -0.25) is 14.7 Å². The van der Waals surface area contributed by atoms with Gasteiger partial charge in [-0.1, -0.05) is 103 Å². The van der Waals surface area contributed by atoms with Gasteiger partial charge in [-0.25, -0.2) is 4.79 Å². The molecule has 0 aliphatic carbocycles. The van der Waals surface area contributed by atoms with Crippen LogP contribution >= 0.6 is 23.2 Å². The number of aliphatic carboxylic acids is 1. The van der Waals surface area contributed by atoms with Crippen LogP contribution < -0.4 is 19.5 Å². The number of aromatic nitrogens is 1. The lowest BCUT2D eigenvalue weighted by atomic mass is 9.89. The molecule has 4 atom stereocenters. The maximum Gasteiger partial charge on any atom is 0.326 e. The molecular formula is C51H51Cl2N3O6. The van der Waals surface area contributed by atoms with Crippen molar-refractivity contribution in [1.29, 1.82) is 0 Å². The van der Waals surface area contributed by atoms with Crippen molar-refractivity contribution in [3.63, 3.8) is 0 Å². The molecule has 2 aliphatic heterocycles. The van der Waals surface area contributed by atoms with Gasteiger partial charge in [0, 0.05) is 30.9 Å². The SMILES string of the molecule is C=C(/C=C\C=C/C)[C@H](CC)N1Cc2cc3c(cc2C[C@H]1C(=O)N[C@@H](Cc1ccc(-c2ccnc(C)c2C)cc1)C(=O)O)OC[C@H](c1ccc(OCc2ccc(Cl)c(Cl)c2)cc1)O3. The number of amides is 1. The fraction of sp³-hybridized carbons (Fsp3) is 0.275. The van der Waals surface area contributed by atoms with E-state index in [2.05, 4.69) is 28.7 Å². The molecule has 5 aromatic rings. The zero-order valence-electron chi connectivity index (χ0n) is 35.4. The molecule has 4 aromatic carbocycles. The first-order valence-corrected chi connectivity index (χ1v) is 21.6. The number of rotatable bonds is 15. The van der Waals surface area contributed by atoms with Crippen LogP contribution in [0.1, 0.15) is 65.4 Å². The maximum atomic E-state index is 14.4. The van der Waals surface area contributed by atoms with Gasteiger partial charge in [0.25, 0.3) is 0 Å². The average Bonchev–Trinajstić information content (AvgIpc) is 3.27. The van der Waals surface area contributed by atoms with Crippen LogP contribution in [0, 0.1) is 13.8 Å². The van der Waals surface area contributed by atoms with Crippen LogP contribution in [-0.4, -0.2) is 51.6 Å². The summed E-state index contributed by atoms with van der Waals surface area (Å²) in [7, 11) is 0. The number of allylic oxidation sites excluding steroid dienone is 3. The molecule has 3 heterocycles. The van der Waals surface area contributed by atoms with Crippen molar-refractivity contribution < 1.29 is 28.9 Å². The minimum absolute atomic E-state index is 0.128. The van der Waals surface area contributed by atoms with E-state index < -0.39 is 18.1 Å². The molecule has 0 unspecified atom stereocenters. The first-order valence-electron chi connectivity index (χ1n) is 20.8. The van der Waals surface area contributed by atoms with Crippen LogP contribution in [0.25, 0.3) is 11.1 Å². The number of benzene rings is 4. The molecule has 0 saturated heterocycles. The highest BCUT2D eigenvalue weighted by molar-refractivity contribution is 6.42. The van der Waals surface area contributed by atoms with Gasteiger partial charge < -0.3 is 24.6 Å². The largest absolute Gasteiger partial charge is 0.489 e. The molecule has 1 amide bonds. The lowest BCUT2D eigenvalue weighted by molar-refractivity contribution is -0.143. The van der Waals surface area contributed by atoms with Crippen molar-refractivity contribution >= 4 is 35.1 Å². The molecule has 0 saturated carbocycles. The Hall–Kier alpha value is -5.87. The van der Waals surface area contributed by atoms with Crippen molar-refractivity contribution in [2.45, 2.75) is 84.3 Å². The van der Waals surface area contributed by atoms with E-state index in [0.29, 0.717) is 59.9 Å². The summed E-state index contributed by atoms with van der Waals surface area (Å²) >= 11 is 12.2. The highest BCUT2D eigenvalue weighted by Gasteiger charge is 2.39. The average molecular weight is 873 g/mol. The first-order chi connectivity index (χ1) is 29.9. The van der Waals surface area contributed by atoms with Crippen molar-refractivity contribution in [2.24, 2.45) is 0 Å². The van der Waals surface area contributed by atoms with Gasteiger partial charge in [0.1, 0.15) is 25.0 Å². The molecule has 0 fully saturated rings. The molecule has 0 radical (unpaired) electrons. The van der Waals surface area contributed by atoms with Gasteiger partial charge in [0.2, 0.25) is 5.91 Å². The lowest BCUT2D eigenvalue weighted by Gasteiger charge is -2.42. The van der Waals surface area contributed by atoms with Crippen LogP contribution in [0.3, 0.4) is 0 Å². The molecule has 2 N–H and O–H groups in total. The highest BCUT2D eigenvalue weighted by atomic mass is 35.5. The van der Waals surface area contributed by atoms with Crippen LogP contribution in [0.5, 0.6) is 17.2 Å². The Kier molecular flexibility index (Phi) is 14.2. The lowest BCUT2D eigenvalue weighted by Crippen LogP contribution is -2.57. The second kappa shape index (κ2) is 19.9. The quantitative estimate of drug-likeness (QED) is 0.100. The number of carboxylic acid groups (broad SMARTS) is 1. The number of nitrogens with zero attached hydrogens (tertiary/aromatic N) is 2. The van der Waals surface area contributed by atoms with Crippen molar-refractivity contribution in [3.8, 4) is 28.4 Å². The Balaban J connectivity index is 1.08. The standard InChI is InChI=1S/C51H51Cl2N3O6/c1-6-8-9-10-31(3)45(7-2)56-28-39-27-48-47(61-30-49(62-48)37-16-18-40(19-17-37)60-29-35-13-20-42(52)43(53)23-35)26-38(39)25-46(56)50(57)55-44(51(58)59)24-34-11-14-36(15-12-34)41-21-22-54-33(5)32(41)4/h6,8-23,26-27,44-46,49H,3,7,24-25,28-30H2,1-2,4-5H3,(H,55,57)(H,58,59)/b8-6-,10-9-/t44-,45-,46-,49+/m0/s1. The number of carbonyl (C=O) groups is 2. The van der Waals surface area contributed by atoms with Crippen LogP contribution in [0.2, 0.25) is 10.0 Å². The molecule has 320 valence electrons. The number of carbonyl (C=O) groups excluding carboxylic acids is 1. The molecule has 9 nitrogen and oxygen atoms in total. The molecule has 1 aromatic heterocycles. The molecule has 62 heavy (non-hydrogen) atoms. The summed E-state index contributed by atoms with van der Waals surface area (Å²) in [5.41, 5.74) is 9.58. The Labute approximate surface area is 373 Å². The molecule has 0 spiro atoms. The smallest absolute Gasteiger partial charge is 0.326 e. The van der Waals surface area contributed by atoms with Crippen molar-refractivity contribution in [1.82, 2.24) is 15.2 Å². The molecular weight excluding hydrogens is 821 g/mol. The highest BCUT2D eigenvalue weighted by Crippen LogP contribution is 2.42. The normalized spacial score (nSPS) is 17.1. The third-order valence-corrected chi connectivity index (χ3v) is 12.4. The summed E-state index contributed by atoms with van der Waals surface area (Å²) in [4.78, 5) is 33.7. The Morgan fingerprint density at radius 3 is 2.42 bits per heavy atom. The Morgan fingerprint density at radius 1 is 0.968 bits per heavy atom. The van der Waals surface area contributed by atoms with Crippen LogP contribution in [0.4, 0.5) is 0 Å². The predicted molar refractivity (Wildman–Crippen MR) is 245 cm³/mol. The van der Waals surface area contributed by atoms with Crippen molar-refractivity contribution in [3.05, 3.63) is 177 Å². The maximum absolute atomic E-state index is 14.4. The molecule has 0 bridgehead atoms. The number of ether oxygens (including phenoxy) is 3. The van der Waals surface area contributed by atoms with Gasteiger partial charge in [-0.2, -0.15) is 0 Å². The monoisotopic (exact) mass is 871 g/mol. The third-order valence-electron chi connectivity index (χ3n) is 11.6. The minimum Gasteiger partial charge on any atom is -0.489 e. The van der Waals surface area contributed by atoms with Crippen molar-refractivity contribution in [2.75, 3.05) is 6.61 Å². The van der Waals surface area contributed by atoms with Gasteiger partial charge in [0.05, 0.1) is 16.1 Å². The van der Waals surface area contributed by atoms with E-state index in [9.17, 15) is 14.7 Å². The predicted octanol–water partition coefficient (Wildman–Crippen LogP) is 10.8. The van der Waals surface area contributed by atoms with E-state index in [1.54, 1.807) is 18.3 Å². The number of aryl methyl sites for hydroxylation is 1. The third kappa shape index (κ3) is 10.2. The van der Waals surface area contributed by atoms with E-state index >= 15 is 0 Å². The topological polar surface area (TPSA) is 110 Å². The summed E-state index contributed by atoms with van der Waals surface area (Å²) in [5.74, 6) is 0.465. The second-order valence-corrected chi connectivity index (χ2v) is 16.6. The zero-order valence-corrected chi connectivity index (χ0v) is 36.9. The molecule has 7 rings (SSSR count).